The van der Waals surface area contributed by atoms with Crippen LogP contribution in [0, 0.1) is 0 Å². The first kappa shape index (κ1) is 14.7. The smallest absolute Gasteiger partial charge is 0.240 e. The molecule has 4 nitrogen and oxygen atoms in total. The molecule has 0 aliphatic rings. The number of aromatic nitrogens is 2. The SMILES string of the molecule is COc1n/c(=C/c2cccs2)c(OC)n/c1=C/c1cccs1. The highest BCUT2D eigenvalue weighted by molar-refractivity contribution is 7.11. The lowest BCUT2D eigenvalue weighted by molar-refractivity contribution is 0.366. The van der Waals surface area contributed by atoms with Crippen molar-refractivity contribution in [2.45, 2.75) is 0 Å². The van der Waals surface area contributed by atoms with E-state index in [4.69, 9.17) is 9.47 Å². The number of nitrogens with zero attached hydrogens (tertiary/aromatic N) is 2. The maximum atomic E-state index is 5.38. The summed E-state index contributed by atoms with van der Waals surface area (Å²) in [6.45, 7) is 0. The second kappa shape index (κ2) is 6.72. The van der Waals surface area contributed by atoms with Gasteiger partial charge in [0, 0.05) is 9.75 Å². The van der Waals surface area contributed by atoms with Crippen molar-refractivity contribution in [1.82, 2.24) is 9.97 Å². The molecule has 112 valence electrons. The number of methoxy groups -OCH3 is 2. The fraction of sp³-hybridized carbons (Fsp3) is 0.125. The van der Waals surface area contributed by atoms with Crippen LogP contribution in [0.15, 0.2) is 35.0 Å². The fourth-order valence-electron chi connectivity index (χ4n) is 1.93. The van der Waals surface area contributed by atoms with Gasteiger partial charge in [-0.25, -0.2) is 9.97 Å². The standard InChI is InChI=1S/C16H14N2O2S2/c1-19-15-13(9-11-5-3-7-21-11)18-16(20-2)14(17-15)10-12-6-4-8-22-12/h3-10H,1-2H3/b13-9+,14-10+. The molecule has 0 amide bonds. The average molecular weight is 330 g/mol. The second-order valence-corrected chi connectivity index (χ2v) is 6.29. The van der Waals surface area contributed by atoms with Crippen molar-refractivity contribution in [3.8, 4) is 11.8 Å². The van der Waals surface area contributed by atoms with E-state index in [0.29, 0.717) is 22.5 Å². The molecule has 0 atom stereocenters. The quantitative estimate of drug-likeness (QED) is 0.736. The molecule has 0 aromatic carbocycles. The number of rotatable bonds is 4. The van der Waals surface area contributed by atoms with Gasteiger partial charge in [0.05, 0.1) is 14.2 Å². The summed E-state index contributed by atoms with van der Waals surface area (Å²) < 4.78 is 10.8. The third-order valence-electron chi connectivity index (χ3n) is 2.91. The van der Waals surface area contributed by atoms with Crippen molar-refractivity contribution in [3.05, 3.63) is 55.5 Å². The normalized spacial score (nSPS) is 12.6. The lowest BCUT2D eigenvalue weighted by Crippen LogP contribution is -2.23. The van der Waals surface area contributed by atoms with Gasteiger partial charge in [-0.3, -0.25) is 0 Å². The van der Waals surface area contributed by atoms with E-state index in [2.05, 4.69) is 9.97 Å². The number of hydrogen-bond acceptors (Lipinski definition) is 6. The van der Waals surface area contributed by atoms with Gasteiger partial charge in [0.15, 0.2) is 0 Å². The summed E-state index contributed by atoms with van der Waals surface area (Å²) in [5.74, 6) is 0.967. The Morgan fingerprint density at radius 2 is 1.27 bits per heavy atom. The van der Waals surface area contributed by atoms with E-state index in [-0.39, 0.29) is 0 Å². The van der Waals surface area contributed by atoms with Crippen LogP contribution in [0.5, 0.6) is 11.8 Å². The van der Waals surface area contributed by atoms with Crippen molar-refractivity contribution < 1.29 is 9.47 Å². The molecule has 0 aliphatic heterocycles. The van der Waals surface area contributed by atoms with E-state index in [1.807, 2.05) is 47.2 Å². The zero-order valence-electron chi connectivity index (χ0n) is 12.1. The molecule has 3 aromatic rings. The summed E-state index contributed by atoms with van der Waals surface area (Å²) in [4.78, 5) is 11.2. The van der Waals surface area contributed by atoms with E-state index in [9.17, 15) is 0 Å². The Morgan fingerprint density at radius 1 is 0.818 bits per heavy atom. The third kappa shape index (κ3) is 3.18. The van der Waals surface area contributed by atoms with Crippen LogP contribution in [0.2, 0.25) is 0 Å². The monoisotopic (exact) mass is 330 g/mol. The van der Waals surface area contributed by atoms with Crippen molar-refractivity contribution in [3.63, 3.8) is 0 Å². The predicted molar refractivity (Wildman–Crippen MR) is 90.2 cm³/mol. The third-order valence-corrected chi connectivity index (χ3v) is 4.55. The summed E-state index contributed by atoms with van der Waals surface area (Å²) in [5, 5.41) is 5.35. The highest BCUT2D eigenvalue weighted by Crippen LogP contribution is 2.11. The minimum Gasteiger partial charge on any atom is -0.479 e. The number of thiophene rings is 2. The average Bonchev–Trinajstić information content (AvgIpc) is 3.22. The molecule has 3 rings (SSSR count). The van der Waals surface area contributed by atoms with Gasteiger partial charge >= 0.3 is 0 Å². The molecule has 3 heterocycles. The zero-order chi connectivity index (χ0) is 15.4. The Balaban J connectivity index is 2.19. The van der Waals surface area contributed by atoms with Crippen LogP contribution in [0.3, 0.4) is 0 Å². The predicted octanol–water partition coefficient (Wildman–Crippen LogP) is 2.27. The van der Waals surface area contributed by atoms with Crippen molar-refractivity contribution in [1.29, 1.82) is 0 Å². The molecule has 0 bridgehead atoms. The van der Waals surface area contributed by atoms with Crippen LogP contribution in [0.4, 0.5) is 0 Å². The van der Waals surface area contributed by atoms with Gasteiger partial charge in [-0.2, -0.15) is 0 Å². The highest BCUT2D eigenvalue weighted by Gasteiger charge is 2.06. The van der Waals surface area contributed by atoms with Crippen molar-refractivity contribution >= 4 is 34.8 Å². The van der Waals surface area contributed by atoms with E-state index >= 15 is 0 Å². The first-order valence-corrected chi connectivity index (χ1v) is 8.32. The molecule has 22 heavy (non-hydrogen) atoms. The summed E-state index contributed by atoms with van der Waals surface area (Å²) in [6, 6.07) is 8.02. The van der Waals surface area contributed by atoms with E-state index in [1.54, 1.807) is 36.9 Å². The van der Waals surface area contributed by atoms with Crippen LogP contribution in [0.25, 0.3) is 12.2 Å². The number of hydrogen-bond donors (Lipinski definition) is 0. The summed E-state index contributed by atoms with van der Waals surface area (Å²) in [5.41, 5.74) is 0. The van der Waals surface area contributed by atoms with Crippen molar-refractivity contribution in [2.24, 2.45) is 0 Å². The highest BCUT2D eigenvalue weighted by atomic mass is 32.1. The van der Waals surface area contributed by atoms with Gasteiger partial charge in [-0.15, -0.1) is 22.7 Å². The molecule has 0 unspecified atom stereocenters. The topological polar surface area (TPSA) is 44.2 Å². The maximum absolute atomic E-state index is 5.38. The molecule has 0 aliphatic carbocycles. The molecule has 0 spiro atoms. The molecule has 0 saturated carbocycles. The molecule has 0 saturated heterocycles. The first-order chi connectivity index (χ1) is 10.8. The van der Waals surface area contributed by atoms with E-state index in [0.717, 1.165) is 9.75 Å². The fourth-order valence-corrected chi connectivity index (χ4v) is 3.24. The zero-order valence-corrected chi connectivity index (χ0v) is 13.8. The Morgan fingerprint density at radius 3 is 1.59 bits per heavy atom. The molecule has 0 fully saturated rings. The van der Waals surface area contributed by atoms with Gasteiger partial charge in [0.1, 0.15) is 10.7 Å². The second-order valence-electron chi connectivity index (χ2n) is 4.33. The van der Waals surface area contributed by atoms with Gasteiger partial charge in [-0.1, -0.05) is 12.1 Å². The maximum Gasteiger partial charge on any atom is 0.240 e. The molecule has 3 aromatic heterocycles. The lowest BCUT2D eigenvalue weighted by Gasteiger charge is -2.04. The van der Waals surface area contributed by atoms with Gasteiger partial charge < -0.3 is 9.47 Å². The summed E-state index contributed by atoms with van der Waals surface area (Å²) in [6.07, 6.45) is 3.88. The van der Waals surface area contributed by atoms with E-state index in [1.165, 1.54) is 0 Å². The Labute approximate surface area is 136 Å². The van der Waals surface area contributed by atoms with Crippen LogP contribution in [-0.2, 0) is 0 Å². The van der Waals surface area contributed by atoms with Crippen LogP contribution in [-0.4, -0.2) is 24.2 Å². The van der Waals surface area contributed by atoms with E-state index < -0.39 is 0 Å². The van der Waals surface area contributed by atoms with Crippen LogP contribution >= 0.6 is 22.7 Å². The summed E-state index contributed by atoms with van der Waals surface area (Å²) >= 11 is 3.27. The van der Waals surface area contributed by atoms with Gasteiger partial charge in [-0.05, 0) is 35.0 Å². The largest absolute Gasteiger partial charge is 0.479 e. The van der Waals surface area contributed by atoms with Crippen LogP contribution < -0.4 is 20.2 Å². The molecule has 0 radical (unpaired) electrons. The molecular formula is C16H14N2O2S2. The minimum absolute atomic E-state index is 0.483. The Bertz CT molecular complexity index is 782. The van der Waals surface area contributed by atoms with Crippen molar-refractivity contribution in [2.75, 3.05) is 14.2 Å². The van der Waals surface area contributed by atoms with Gasteiger partial charge in [0.2, 0.25) is 11.8 Å². The molecule has 6 heteroatoms. The first-order valence-electron chi connectivity index (χ1n) is 6.56. The Kier molecular flexibility index (Phi) is 4.50. The minimum atomic E-state index is 0.483. The Hall–Kier alpha value is -2.18. The number of ether oxygens (including phenoxy) is 2. The lowest BCUT2D eigenvalue weighted by atomic mass is 10.4. The summed E-state index contributed by atoms with van der Waals surface area (Å²) in [7, 11) is 3.19. The molecule has 0 N–H and O–H groups in total. The van der Waals surface area contributed by atoms with Gasteiger partial charge in [0.25, 0.3) is 0 Å². The van der Waals surface area contributed by atoms with Crippen LogP contribution in [0.1, 0.15) is 9.75 Å². The molecular weight excluding hydrogens is 316 g/mol.